The maximum atomic E-state index is 6.03. The van der Waals surface area contributed by atoms with Gasteiger partial charge in [-0.15, -0.1) is 0 Å². The van der Waals surface area contributed by atoms with Gasteiger partial charge in [-0.2, -0.15) is 0 Å². The maximum Gasteiger partial charge on any atom is 0.118 e. The van der Waals surface area contributed by atoms with Crippen LogP contribution in [0.15, 0.2) is 24.3 Å². The molecular weight excluding hydrogens is 236 g/mol. The first kappa shape index (κ1) is 14.4. The summed E-state index contributed by atoms with van der Waals surface area (Å²) in [5.41, 5.74) is 7.38. The normalized spacial score (nSPS) is 19.9. The molecule has 3 nitrogen and oxygen atoms in total. The molecule has 3 heteroatoms. The van der Waals surface area contributed by atoms with Gasteiger partial charge in [0.2, 0.25) is 0 Å². The Balaban J connectivity index is 2.07. The zero-order valence-electron chi connectivity index (χ0n) is 12.1. The van der Waals surface area contributed by atoms with Gasteiger partial charge in [0.05, 0.1) is 7.11 Å². The Labute approximate surface area is 116 Å². The van der Waals surface area contributed by atoms with Crippen LogP contribution in [0.3, 0.4) is 0 Å². The molecule has 0 spiro atoms. The molecule has 2 atom stereocenters. The van der Waals surface area contributed by atoms with Crippen LogP contribution in [0.4, 0.5) is 0 Å². The van der Waals surface area contributed by atoms with Crippen LogP contribution in [0, 0.1) is 0 Å². The molecule has 2 rings (SSSR count). The van der Waals surface area contributed by atoms with Gasteiger partial charge in [0.15, 0.2) is 0 Å². The zero-order valence-corrected chi connectivity index (χ0v) is 12.1. The summed E-state index contributed by atoms with van der Waals surface area (Å²) in [6, 6.07) is 8.85. The van der Waals surface area contributed by atoms with E-state index in [1.807, 2.05) is 12.1 Å². The minimum absolute atomic E-state index is 0.452. The van der Waals surface area contributed by atoms with Crippen molar-refractivity contribution in [3.8, 4) is 5.75 Å². The molecule has 0 aliphatic carbocycles. The molecule has 1 aromatic carbocycles. The molecule has 1 saturated heterocycles. The fourth-order valence-electron chi connectivity index (χ4n) is 3.05. The number of hydrogen-bond acceptors (Lipinski definition) is 3. The van der Waals surface area contributed by atoms with E-state index in [0.29, 0.717) is 12.0 Å². The summed E-state index contributed by atoms with van der Waals surface area (Å²) in [4.78, 5) is 2.57. The topological polar surface area (TPSA) is 38.5 Å². The quantitative estimate of drug-likeness (QED) is 0.886. The number of hydrogen-bond donors (Lipinski definition) is 1. The number of nitrogens with two attached hydrogens (primary N) is 1. The van der Waals surface area contributed by atoms with Crippen molar-refractivity contribution >= 4 is 0 Å². The van der Waals surface area contributed by atoms with Gasteiger partial charge in [-0.3, -0.25) is 4.90 Å². The van der Waals surface area contributed by atoms with Crippen molar-refractivity contribution in [1.82, 2.24) is 4.90 Å². The summed E-state index contributed by atoms with van der Waals surface area (Å²) in [7, 11) is 1.70. The minimum atomic E-state index is 0.452. The Bertz CT molecular complexity index is 371. The van der Waals surface area contributed by atoms with E-state index in [4.69, 9.17) is 10.5 Å². The molecule has 2 unspecified atom stereocenters. The molecule has 1 aliphatic heterocycles. The molecular formula is C16H26N2O. The standard InChI is InChI=1S/C16H26N2O/c1-13(14-6-8-15(19-2)9-7-14)16(12-17)18-10-4-3-5-11-18/h6-9,13,16H,3-5,10-12,17H2,1-2H3. The lowest BCUT2D eigenvalue weighted by Crippen LogP contribution is -2.46. The van der Waals surface area contributed by atoms with E-state index in [1.165, 1.54) is 37.9 Å². The number of methoxy groups -OCH3 is 1. The van der Waals surface area contributed by atoms with E-state index in [9.17, 15) is 0 Å². The third-order valence-corrected chi connectivity index (χ3v) is 4.32. The lowest BCUT2D eigenvalue weighted by Gasteiger charge is -2.37. The average Bonchev–Trinajstić information content (AvgIpc) is 2.49. The highest BCUT2D eigenvalue weighted by Gasteiger charge is 2.25. The summed E-state index contributed by atoms with van der Waals surface area (Å²) in [6.07, 6.45) is 3.99. The predicted molar refractivity (Wildman–Crippen MR) is 79.7 cm³/mol. The fourth-order valence-corrected chi connectivity index (χ4v) is 3.05. The first-order valence-electron chi connectivity index (χ1n) is 7.34. The van der Waals surface area contributed by atoms with Gasteiger partial charge >= 0.3 is 0 Å². The zero-order chi connectivity index (χ0) is 13.7. The van der Waals surface area contributed by atoms with E-state index >= 15 is 0 Å². The summed E-state index contributed by atoms with van der Waals surface area (Å²) < 4.78 is 5.22. The van der Waals surface area contributed by atoms with Crippen molar-refractivity contribution < 1.29 is 4.74 Å². The van der Waals surface area contributed by atoms with Crippen LogP contribution in [0.2, 0.25) is 0 Å². The molecule has 0 bridgehead atoms. The first-order valence-corrected chi connectivity index (χ1v) is 7.34. The number of nitrogens with zero attached hydrogens (tertiary/aromatic N) is 1. The number of benzene rings is 1. The van der Waals surface area contributed by atoms with Crippen molar-refractivity contribution in [3.63, 3.8) is 0 Å². The first-order chi connectivity index (χ1) is 9.26. The van der Waals surface area contributed by atoms with Gasteiger partial charge in [-0.1, -0.05) is 25.5 Å². The summed E-state index contributed by atoms with van der Waals surface area (Å²) in [5.74, 6) is 1.38. The van der Waals surface area contributed by atoms with Crippen molar-refractivity contribution in [2.75, 3.05) is 26.7 Å². The summed E-state index contributed by atoms with van der Waals surface area (Å²) in [5, 5.41) is 0. The molecule has 1 fully saturated rings. The Morgan fingerprint density at radius 2 is 1.79 bits per heavy atom. The fraction of sp³-hybridized carbons (Fsp3) is 0.625. The highest BCUT2D eigenvalue weighted by molar-refractivity contribution is 5.30. The summed E-state index contributed by atoms with van der Waals surface area (Å²) in [6.45, 7) is 5.41. The second kappa shape index (κ2) is 6.92. The Morgan fingerprint density at radius 1 is 1.16 bits per heavy atom. The third-order valence-electron chi connectivity index (χ3n) is 4.32. The highest BCUT2D eigenvalue weighted by atomic mass is 16.5. The van der Waals surface area contributed by atoms with E-state index in [-0.39, 0.29) is 0 Å². The molecule has 1 aromatic rings. The van der Waals surface area contributed by atoms with Gasteiger partial charge in [-0.05, 0) is 49.5 Å². The molecule has 19 heavy (non-hydrogen) atoms. The smallest absolute Gasteiger partial charge is 0.118 e. The summed E-state index contributed by atoms with van der Waals surface area (Å²) >= 11 is 0. The molecule has 0 saturated carbocycles. The Hall–Kier alpha value is -1.06. The SMILES string of the molecule is COc1ccc(C(C)C(CN)N2CCCCC2)cc1. The molecule has 1 aliphatic rings. The molecule has 2 N–H and O–H groups in total. The van der Waals surface area contributed by atoms with E-state index in [0.717, 1.165) is 12.3 Å². The van der Waals surface area contributed by atoms with Crippen LogP contribution in [0.1, 0.15) is 37.7 Å². The third kappa shape index (κ3) is 3.48. The van der Waals surface area contributed by atoms with Crippen LogP contribution in [0.5, 0.6) is 5.75 Å². The van der Waals surface area contributed by atoms with Crippen LogP contribution >= 0.6 is 0 Å². The maximum absolute atomic E-state index is 6.03. The van der Waals surface area contributed by atoms with Gasteiger partial charge in [0.1, 0.15) is 5.75 Å². The largest absolute Gasteiger partial charge is 0.497 e. The number of rotatable bonds is 5. The molecule has 0 aromatic heterocycles. The van der Waals surface area contributed by atoms with E-state index in [2.05, 4.69) is 24.0 Å². The van der Waals surface area contributed by atoms with Gasteiger partial charge in [-0.25, -0.2) is 0 Å². The molecule has 0 amide bonds. The Morgan fingerprint density at radius 3 is 2.32 bits per heavy atom. The number of piperidine rings is 1. The molecule has 1 heterocycles. The van der Waals surface area contributed by atoms with Gasteiger partial charge in [0, 0.05) is 12.6 Å². The van der Waals surface area contributed by atoms with Crippen molar-refractivity contribution in [2.24, 2.45) is 5.73 Å². The number of likely N-dealkylation sites (tertiary alicyclic amines) is 1. The van der Waals surface area contributed by atoms with Crippen LogP contribution in [-0.4, -0.2) is 37.7 Å². The van der Waals surface area contributed by atoms with E-state index in [1.54, 1.807) is 7.11 Å². The second-order valence-corrected chi connectivity index (χ2v) is 5.46. The minimum Gasteiger partial charge on any atom is -0.497 e. The van der Waals surface area contributed by atoms with Crippen LogP contribution in [0.25, 0.3) is 0 Å². The number of ether oxygens (including phenoxy) is 1. The van der Waals surface area contributed by atoms with Crippen molar-refractivity contribution in [2.45, 2.75) is 38.1 Å². The van der Waals surface area contributed by atoms with Crippen molar-refractivity contribution in [3.05, 3.63) is 29.8 Å². The average molecular weight is 262 g/mol. The van der Waals surface area contributed by atoms with Crippen molar-refractivity contribution in [1.29, 1.82) is 0 Å². The monoisotopic (exact) mass is 262 g/mol. The highest BCUT2D eigenvalue weighted by Crippen LogP contribution is 2.26. The molecule has 106 valence electrons. The molecule has 0 radical (unpaired) electrons. The van der Waals surface area contributed by atoms with E-state index < -0.39 is 0 Å². The lowest BCUT2D eigenvalue weighted by atomic mass is 9.91. The lowest BCUT2D eigenvalue weighted by molar-refractivity contribution is 0.149. The van der Waals surface area contributed by atoms with Crippen LogP contribution < -0.4 is 10.5 Å². The second-order valence-electron chi connectivity index (χ2n) is 5.46. The van der Waals surface area contributed by atoms with Gasteiger partial charge < -0.3 is 10.5 Å². The van der Waals surface area contributed by atoms with Gasteiger partial charge in [0.25, 0.3) is 0 Å². The predicted octanol–water partition coefficient (Wildman–Crippen LogP) is 2.61. The van der Waals surface area contributed by atoms with Crippen LogP contribution in [-0.2, 0) is 0 Å². The Kier molecular flexibility index (Phi) is 5.23.